The van der Waals surface area contributed by atoms with Crippen LogP contribution in [0.4, 0.5) is 5.69 Å². The van der Waals surface area contributed by atoms with Crippen molar-refractivity contribution >= 4 is 59.9 Å². The van der Waals surface area contributed by atoms with Gasteiger partial charge in [-0.2, -0.15) is 0 Å². The van der Waals surface area contributed by atoms with E-state index >= 15 is 0 Å². The highest BCUT2D eigenvalue weighted by Crippen LogP contribution is 2.31. The predicted octanol–water partition coefficient (Wildman–Crippen LogP) is 5.33. The standard InChI is InChI=1S/C19H12BrNO3S/c1-10-6-7-14(13(20)8-10)21-18(22)16-9-12-17(25-16)11-4-2-3-5-15(11)24-19(12)23/h2-9H,1H3,(H,21,22). The smallest absolute Gasteiger partial charge is 0.345 e. The Morgan fingerprint density at radius 1 is 1.12 bits per heavy atom. The molecular formula is C19H12BrNO3S. The SMILES string of the molecule is Cc1ccc(NC(=O)c2cc3c(=O)oc4ccccc4c3s2)c(Br)c1. The fourth-order valence-electron chi connectivity index (χ4n) is 2.66. The van der Waals surface area contributed by atoms with Crippen LogP contribution in [0.1, 0.15) is 15.2 Å². The summed E-state index contributed by atoms with van der Waals surface area (Å²) in [6.45, 7) is 1.98. The molecule has 4 nitrogen and oxygen atoms in total. The second kappa shape index (κ2) is 6.13. The van der Waals surface area contributed by atoms with Crippen LogP contribution in [0, 0.1) is 6.92 Å². The lowest BCUT2D eigenvalue weighted by Gasteiger charge is -2.06. The molecule has 0 spiro atoms. The van der Waals surface area contributed by atoms with Gasteiger partial charge in [-0.25, -0.2) is 4.79 Å². The second-order valence-corrected chi connectivity index (χ2v) is 7.58. The summed E-state index contributed by atoms with van der Waals surface area (Å²) in [7, 11) is 0. The first-order valence-electron chi connectivity index (χ1n) is 7.56. The number of aryl methyl sites for hydroxylation is 1. The fourth-order valence-corrected chi connectivity index (χ4v) is 4.32. The zero-order valence-electron chi connectivity index (χ0n) is 13.1. The lowest BCUT2D eigenvalue weighted by Crippen LogP contribution is -2.10. The zero-order chi connectivity index (χ0) is 17.6. The maximum Gasteiger partial charge on any atom is 0.345 e. The molecule has 2 aromatic carbocycles. The van der Waals surface area contributed by atoms with Crippen LogP contribution in [0.3, 0.4) is 0 Å². The van der Waals surface area contributed by atoms with E-state index in [1.165, 1.54) is 11.3 Å². The van der Waals surface area contributed by atoms with Gasteiger partial charge in [-0.05, 0) is 58.7 Å². The Labute approximate surface area is 155 Å². The van der Waals surface area contributed by atoms with Crippen LogP contribution in [0.15, 0.2) is 62.2 Å². The van der Waals surface area contributed by atoms with Gasteiger partial charge in [0.05, 0.1) is 20.7 Å². The Hall–Kier alpha value is -2.44. The molecule has 124 valence electrons. The number of nitrogens with one attached hydrogen (secondary N) is 1. The maximum absolute atomic E-state index is 12.6. The summed E-state index contributed by atoms with van der Waals surface area (Å²) in [6.07, 6.45) is 0. The summed E-state index contributed by atoms with van der Waals surface area (Å²) < 4.78 is 6.91. The van der Waals surface area contributed by atoms with Crippen LogP contribution in [-0.2, 0) is 0 Å². The number of anilines is 1. The van der Waals surface area contributed by atoms with Crippen molar-refractivity contribution in [2.24, 2.45) is 0 Å². The van der Waals surface area contributed by atoms with Gasteiger partial charge < -0.3 is 9.73 Å². The predicted molar refractivity (Wildman–Crippen MR) is 105 cm³/mol. The molecule has 0 aliphatic rings. The van der Waals surface area contributed by atoms with E-state index in [4.69, 9.17) is 4.42 Å². The summed E-state index contributed by atoms with van der Waals surface area (Å²) in [6, 6.07) is 14.6. The van der Waals surface area contributed by atoms with Crippen LogP contribution in [-0.4, -0.2) is 5.91 Å². The fraction of sp³-hybridized carbons (Fsp3) is 0.0526. The van der Waals surface area contributed by atoms with Gasteiger partial charge in [0.25, 0.3) is 5.91 Å². The number of thiophene rings is 1. The molecule has 25 heavy (non-hydrogen) atoms. The Kier molecular flexibility index (Phi) is 3.94. The number of carbonyl (C=O) groups excluding carboxylic acids is 1. The molecule has 0 unspecified atom stereocenters. The van der Waals surface area contributed by atoms with E-state index in [1.807, 2.05) is 43.3 Å². The zero-order valence-corrected chi connectivity index (χ0v) is 15.5. The minimum Gasteiger partial charge on any atom is -0.422 e. The number of hydrogen-bond donors (Lipinski definition) is 1. The Balaban J connectivity index is 1.79. The molecule has 0 aliphatic carbocycles. The van der Waals surface area contributed by atoms with Crippen molar-refractivity contribution in [3.8, 4) is 0 Å². The third-order valence-electron chi connectivity index (χ3n) is 3.88. The third kappa shape index (κ3) is 2.88. The van der Waals surface area contributed by atoms with Crippen molar-refractivity contribution < 1.29 is 9.21 Å². The molecule has 0 radical (unpaired) electrons. The number of fused-ring (bicyclic) bond motifs is 3. The van der Waals surface area contributed by atoms with Crippen molar-refractivity contribution in [1.29, 1.82) is 0 Å². The third-order valence-corrected chi connectivity index (χ3v) is 5.71. The van der Waals surface area contributed by atoms with Crippen molar-refractivity contribution in [1.82, 2.24) is 0 Å². The molecule has 4 rings (SSSR count). The van der Waals surface area contributed by atoms with Crippen LogP contribution in [0.5, 0.6) is 0 Å². The average molecular weight is 414 g/mol. The number of benzene rings is 2. The summed E-state index contributed by atoms with van der Waals surface area (Å²) in [5, 5.41) is 4.13. The highest BCUT2D eigenvalue weighted by atomic mass is 79.9. The lowest BCUT2D eigenvalue weighted by molar-refractivity contribution is 0.103. The summed E-state index contributed by atoms with van der Waals surface area (Å²) in [5.74, 6) is -0.255. The molecule has 2 aromatic heterocycles. The van der Waals surface area contributed by atoms with E-state index in [0.717, 1.165) is 20.1 Å². The minimum absolute atomic E-state index is 0.255. The van der Waals surface area contributed by atoms with Crippen LogP contribution in [0.25, 0.3) is 21.1 Å². The van der Waals surface area contributed by atoms with Gasteiger partial charge in [-0.1, -0.05) is 18.2 Å². The van der Waals surface area contributed by atoms with Gasteiger partial charge in [0, 0.05) is 9.86 Å². The molecule has 1 amide bonds. The number of para-hydroxylation sites is 1. The van der Waals surface area contributed by atoms with Gasteiger partial charge in [0.2, 0.25) is 0 Å². The molecule has 0 fully saturated rings. The highest BCUT2D eigenvalue weighted by Gasteiger charge is 2.16. The van der Waals surface area contributed by atoms with Gasteiger partial charge in [0.15, 0.2) is 0 Å². The largest absolute Gasteiger partial charge is 0.422 e. The van der Waals surface area contributed by atoms with Gasteiger partial charge in [0.1, 0.15) is 5.58 Å². The normalized spacial score (nSPS) is 11.1. The summed E-state index contributed by atoms with van der Waals surface area (Å²) >= 11 is 4.74. The summed E-state index contributed by atoms with van der Waals surface area (Å²) in [5.41, 5.74) is 1.87. The average Bonchev–Trinajstić information content (AvgIpc) is 3.04. The van der Waals surface area contributed by atoms with Gasteiger partial charge in [-0.3, -0.25) is 4.79 Å². The number of hydrogen-bond acceptors (Lipinski definition) is 4. The molecule has 0 saturated heterocycles. The molecule has 6 heteroatoms. The Morgan fingerprint density at radius 2 is 1.92 bits per heavy atom. The minimum atomic E-state index is -0.430. The molecule has 2 heterocycles. The van der Waals surface area contributed by atoms with E-state index in [0.29, 0.717) is 21.5 Å². The van der Waals surface area contributed by atoms with Gasteiger partial charge in [-0.15, -0.1) is 11.3 Å². The van der Waals surface area contributed by atoms with E-state index in [9.17, 15) is 9.59 Å². The Bertz CT molecular complexity index is 1190. The van der Waals surface area contributed by atoms with Crippen LogP contribution in [0.2, 0.25) is 0 Å². The first-order valence-corrected chi connectivity index (χ1v) is 9.17. The highest BCUT2D eigenvalue weighted by molar-refractivity contribution is 9.10. The molecular weight excluding hydrogens is 402 g/mol. The van der Waals surface area contributed by atoms with E-state index in [1.54, 1.807) is 12.1 Å². The molecule has 0 bridgehead atoms. The number of amides is 1. The van der Waals surface area contributed by atoms with E-state index < -0.39 is 5.63 Å². The van der Waals surface area contributed by atoms with Crippen molar-refractivity contribution in [2.75, 3.05) is 5.32 Å². The van der Waals surface area contributed by atoms with Crippen molar-refractivity contribution in [3.63, 3.8) is 0 Å². The van der Waals surface area contributed by atoms with Crippen molar-refractivity contribution in [2.45, 2.75) is 6.92 Å². The molecule has 4 aromatic rings. The van der Waals surface area contributed by atoms with E-state index in [2.05, 4.69) is 21.2 Å². The summed E-state index contributed by atoms with van der Waals surface area (Å²) in [4.78, 5) is 25.3. The maximum atomic E-state index is 12.6. The molecule has 0 saturated carbocycles. The number of halogens is 1. The number of carbonyl (C=O) groups is 1. The quantitative estimate of drug-likeness (QED) is 0.451. The first-order chi connectivity index (χ1) is 12.0. The Morgan fingerprint density at radius 3 is 2.72 bits per heavy atom. The van der Waals surface area contributed by atoms with Crippen LogP contribution < -0.4 is 10.9 Å². The lowest BCUT2D eigenvalue weighted by atomic mass is 10.2. The first kappa shape index (κ1) is 16.1. The van der Waals surface area contributed by atoms with E-state index in [-0.39, 0.29) is 5.91 Å². The second-order valence-electron chi connectivity index (χ2n) is 5.68. The van der Waals surface area contributed by atoms with Crippen LogP contribution >= 0.6 is 27.3 Å². The van der Waals surface area contributed by atoms with Gasteiger partial charge >= 0.3 is 5.63 Å². The molecule has 0 atom stereocenters. The van der Waals surface area contributed by atoms with Crippen molar-refractivity contribution in [3.05, 3.63) is 73.9 Å². The molecule has 1 N–H and O–H groups in total. The monoisotopic (exact) mass is 413 g/mol. The molecule has 0 aliphatic heterocycles. The topological polar surface area (TPSA) is 59.3 Å². The number of rotatable bonds is 2.